The van der Waals surface area contributed by atoms with Crippen LogP contribution in [0.1, 0.15) is 25.3 Å². The summed E-state index contributed by atoms with van der Waals surface area (Å²) in [6.07, 6.45) is 2.32. The largest absolute Gasteiger partial charge is 0.330 e. The van der Waals surface area contributed by atoms with Crippen molar-refractivity contribution in [3.05, 3.63) is 35.1 Å². The van der Waals surface area contributed by atoms with Gasteiger partial charge in [-0.05, 0) is 49.4 Å². The summed E-state index contributed by atoms with van der Waals surface area (Å²) in [6, 6.07) is 2.11. The number of hydrogen-bond donors (Lipinski definition) is 1. The molecule has 1 nitrogen and oxygen atoms in total. The van der Waals surface area contributed by atoms with Gasteiger partial charge in [0.1, 0.15) is 0 Å². The maximum atomic E-state index is 12.9. The van der Waals surface area contributed by atoms with Crippen LogP contribution < -0.4 is 5.73 Å². The van der Waals surface area contributed by atoms with Gasteiger partial charge in [0.05, 0.1) is 0 Å². The van der Waals surface area contributed by atoms with Crippen LogP contribution in [-0.4, -0.2) is 6.54 Å². The first-order valence-electron chi connectivity index (χ1n) is 5.38. The lowest BCUT2D eigenvalue weighted by molar-refractivity contribution is 0.441. The number of rotatable bonds is 5. The molecule has 0 amide bonds. The Morgan fingerprint density at radius 1 is 1.19 bits per heavy atom. The highest BCUT2D eigenvalue weighted by molar-refractivity contribution is 5.19. The van der Waals surface area contributed by atoms with Crippen LogP contribution in [0, 0.1) is 23.4 Å². The molecule has 0 aliphatic carbocycles. The first-order valence-corrected chi connectivity index (χ1v) is 5.38. The molecule has 0 saturated carbocycles. The first kappa shape index (κ1) is 13.0. The van der Waals surface area contributed by atoms with Gasteiger partial charge in [-0.3, -0.25) is 0 Å². The minimum Gasteiger partial charge on any atom is -0.330 e. The third kappa shape index (κ3) is 3.52. The Kier molecular flexibility index (Phi) is 4.80. The van der Waals surface area contributed by atoms with Crippen LogP contribution >= 0.6 is 0 Å². The predicted octanol–water partition coefficient (Wildman–Crippen LogP) is 3.02. The molecule has 0 bridgehead atoms. The molecule has 1 aromatic carbocycles. The molecule has 4 heteroatoms. The first-order chi connectivity index (χ1) is 7.54. The zero-order chi connectivity index (χ0) is 12.1. The van der Waals surface area contributed by atoms with Crippen molar-refractivity contribution in [2.75, 3.05) is 6.54 Å². The Labute approximate surface area is 93.5 Å². The van der Waals surface area contributed by atoms with Gasteiger partial charge >= 0.3 is 0 Å². The molecule has 1 aromatic rings. The average Bonchev–Trinajstić information content (AvgIpc) is 2.23. The van der Waals surface area contributed by atoms with Crippen LogP contribution in [-0.2, 0) is 6.42 Å². The molecule has 0 aliphatic rings. The topological polar surface area (TPSA) is 26.0 Å². The molecular formula is C12H16F3N. The minimum atomic E-state index is -1.40. The molecule has 0 spiro atoms. The van der Waals surface area contributed by atoms with E-state index in [2.05, 4.69) is 0 Å². The molecule has 1 atom stereocenters. The van der Waals surface area contributed by atoms with Gasteiger partial charge in [-0.2, -0.15) is 0 Å². The predicted molar refractivity (Wildman–Crippen MR) is 57.5 cm³/mol. The maximum absolute atomic E-state index is 12.9. The lowest BCUT2D eigenvalue weighted by Crippen LogP contribution is -2.06. The van der Waals surface area contributed by atoms with E-state index in [4.69, 9.17) is 5.73 Å². The zero-order valence-corrected chi connectivity index (χ0v) is 9.27. The van der Waals surface area contributed by atoms with E-state index in [1.54, 1.807) is 0 Å². The van der Waals surface area contributed by atoms with Crippen molar-refractivity contribution < 1.29 is 13.2 Å². The van der Waals surface area contributed by atoms with Crippen molar-refractivity contribution in [3.8, 4) is 0 Å². The van der Waals surface area contributed by atoms with E-state index in [0.717, 1.165) is 25.0 Å². The van der Waals surface area contributed by atoms with Crippen LogP contribution in [0.4, 0.5) is 13.2 Å². The van der Waals surface area contributed by atoms with Gasteiger partial charge < -0.3 is 5.73 Å². The fourth-order valence-electron chi connectivity index (χ4n) is 1.70. The lowest BCUT2D eigenvalue weighted by Gasteiger charge is -2.11. The lowest BCUT2D eigenvalue weighted by atomic mass is 9.96. The third-order valence-electron chi connectivity index (χ3n) is 2.53. The summed E-state index contributed by atoms with van der Waals surface area (Å²) in [6.45, 7) is 2.59. The van der Waals surface area contributed by atoms with Crippen molar-refractivity contribution in [2.24, 2.45) is 11.7 Å². The van der Waals surface area contributed by atoms with E-state index in [1.165, 1.54) is 0 Å². The van der Waals surface area contributed by atoms with E-state index in [0.29, 0.717) is 18.5 Å². The van der Waals surface area contributed by atoms with E-state index >= 15 is 0 Å². The standard InChI is InChI=1S/C12H16F3N/c1-8(3-2-4-16)5-9-6-10(13)12(15)11(14)7-9/h6-8H,2-5,16H2,1H3. The summed E-state index contributed by atoms with van der Waals surface area (Å²) in [5.41, 5.74) is 5.86. The highest BCUT2D eigenvalue weighted by Gasteiger charge is 2.12. The van der Waals surface area contributed by atoms with E-state index in [-0.39, 0.29) is 5.92 Å². The second kappa shape index (κ2) is 5.89. The molecule has 16 heavy (non-hydrogen) atoms. The summed E-state index contributed by atoms with van der Waals surface area (Å²) >= 11 is 0. The SMILES string of the molecule is CC(CCCN)Cc1cc(F)c(F)c(F)c1. The Hall–Kier alpha value is -1.03. The summed E-state index contributed by atoms with van der Waals surface area (Å²) in [7, 11) is 0. The monoisotopic (exact) mass is 231 g/mol. The third-order valence-corrected chi connectivity index (χ3v) is 2.53. The van der Waals surface area contributed by atoms with Crippen molar-refractivity contribution in [1.29, 1.82) is 0 Å². The normalized spacial score (nSPS) is 12.8. The molecule has 0 saturated heterocycles. The van der Waals surface area contributed by atoms with Crippen LogP contribution in [0.15, 0.2) is 12.1 Å². The van der Waals surface area contributed by atoms with E-state index in [1.807, 2.05) is 6.92 Å². The average molecular weight is 231 g/mol. The smallest absolute Gasteiger partial charge is 0.194 e. The molecule has 2 N–H and O–H groups in total. The zero-order valence-electron chi connectivity index (χ0n) is 9.27. The Morgan fingerprint density at radius 2 is 1.75 bits per heavy atom. The molecule has 0 fully saturated rings. The highest BCUT2D eigenvalue weighted by atomic mass is 19.2. The van der Waals surface area contributed by atoms with Gasteiger partial charge in [-0.1, -0.05) is 6.92 Å². The number of nitrogens with two attached hydrogens (primary N) is 1. The number of halogens is 3. The van der Waals surface area contributed by atoms with Crippen molar-refractivity contribution in [1.82, 2.24) is 0 Å². The molecule has 0 heterocycles. The van der Waals surface area contributed by atoms with E-state index in [9.17, 15) is 13.2 Å². The van der Waals surface area contributed by atoms with Crippen LogP contribution in [0.3, 0.4) is 0 Å². The van der Waals surface area contributed by atoms with Crippen LogP contribution in [0.5, 0.6) is 0 Å². The summed E-state index contributed by atoms with van der Waals surface area (Å²) in [4.78, 5) is 0. The summed E-state index contributed by atoms with van der Waals surface area (Å²) in [5, 5.41) is 0. The van der Waals surface area contributed by atoms with E-state index < -0.39 is 17.5 Å². The number of hydrogen-bond acceptors (Lipinski definition) is 1. The second-order valence-electron chi connectivity index (χ2n) is 4.11. The Balaban J connectivity index is 2.67. The maximum Gasteiger partial charge on any atom is 0.194 e. The van der Waals surface area contributed by atoms with Gasteiger partial charge in [0.15, 0.2) is 17.5 Å². The highest BCUT2D eigenvalue weighted by Crippen LogP contribution is 2.18. The van der Waals surface area contributed by atoms with Gasteiger partial charge in [-0.15, -0.1) is 0 Å². The summed E-state index contributed by atoms with van der Waals surface area (Å²) < 4.78 is 38.5. The Bertz CT molecular complexity index is 329. The fourth-order valence-corrected chi connectivity index (χ4v) is 1.70. The van der Waals surface area contributed by atoms with Crippen molar-refractivity contribution in [3.63, 3.8) is 0 Å². The van der Waals surface area contributed by atoms with Crippen LogP contribution in [0.2, 0.25) is 0 Å². The van der Waals surface area contributed by atoms with Gasteiger partial charge in [0.25, 0.3) is 0 Å². The molecule has 0 aliphatic heterocycles. The minimum absolute atomic E-state index is 0.285. The number of benzene rings is 1. The molecule has 0 aromatic heterocycles. The molecular weight excluding hydrogens is 215 g/mol. The van der Waals surface area contributed by atoms with Gasteiger partial charge in [0.2, 0.25) is 0 Å². The van der Waals surface area contributed by atoms with Crippen molar-refractivity contribution in [2.45, 2.75) is 26.2 Å². The van der Waals surface area contributed by atoms with Gasteiger partial charge in [-0.25, -0.2) is 13.2 Å². The molecule has 1 rings (SSSR count). The molecule has 0 radical (unpaired) electrons. The van der Waals surface area contributed by atoms with Crippen LogP contribution in [0.25, 0.3) is 0 Å². The summed E-state index contributed by atoms with van der Waals surface area (Å²) in [5.74, 6) is -3.37. The molecule has 90 valence electrons. The fraction of sp³-hybridized carbons (Fsp3) is 0.500. The van der Waals surface area contributed by atoms with Gasteiger partial charge in [0, 0.05) is 0 Å². The second-order valence-corrected chi connectivity index (χ2v) is 4.11. The van der Waals surface area contributed by atoms with Crippen molar-refractivity contribution >= 4 is 0 Å². The molecule has 1 unspecified atom stereocenters. The Morgan fingerprint density at radius 3 is 2.25 bits per heavy atom. The quantitative estimate of drug-likeness (QED) is 0.774.